The Bertz CT molecular complexity index is 801. The van der Waals surface area contributed by atoms with Gasteiger partial charge in [0.2, 0.25) is 5.91 Å². The first-order chi connectivity index (χ1) is 13.0. The van der Waals surface area contributed by atoms with E-state index < -0.39 is 12.0 Å². The number of fused-ring (bicyclic) bond motifs is 1. The quantitative estimate of drug-likeness (QED) is 0.553. The number of hydrogen-bond donors (Lipinski definition) is 0. The Labute approximate surface area is 163 Å². The molecule has 2 atom stereocenters. The second-order valence-corrected chi connectivity index (χ2v) is 7.73. The lowest BCUT2D eigenvalue weighted by molar-refractivity contribution is -0.141. The summed E-state index contributed by atoms with van der Waals surface area (Å²) in [7, 11) is 1.55. The van der Waals surface area contributed by atoms with Crippen molar-refractivity contribution in [2.75, 3.05) is 20.3 Å². The van der Waals surface area contributed by atoms with Crippen molar-refractivity contribution in [1.82, 2.24) is 4.90 Å². The number of carbonyl (C=O) groups is 2. The third-order valence-corrected chi connectivity index (χ3v) is 5.97. The minimum atomic E-state index is -0.523. The van der Waals surface area contributed by atoms with Crippen LogP contribution in [0.2, 0.25) is 0 Å². The predicted octanol–water partition coefficient (Wildman–Crippen LogP) is 3.22. The van der Waals surface area contributed by atoms with Crippen molar-refractivity contribution in [3.63, 3.8) is 0 Å². The van der Waals surface area contributed by atoms with Crippen LogP contribution in [0.5, 0.6) is 0 Å². The van der Waals surface area contributed by atoms with E-state index in [-0.39, 0.29) is 17.8 Å². The van der Waals surface area contributed by atoms with Gasteiger partial charge in [0.1, 0.15) is 6.61 Å². The summed E-state index contributed by atoms with van der Waals surface area (Å²) in [5, 5.41) is 0.483. The zero-order valence-corrected chi connectivity index (χ0v) is 16.8. The second kappa shape index (κ2) is 8.27. The standard InChI is InChI=1S/C20H24N2O4S/c1-5-15-18(23)22-17(14-8-6-12(2)7-9-14)16(13(3)21-20(22)27-15)19(24)26-11-10-25-4/h6-9,15,17H,5,10-11H2,1-4H3/t15-,17-/m0/s1. The summed E-state index contributed by atoms with van der Waals surface area (Å²) in [5.41, 5.74) is 2.98. The average molecular weight is 388 g/mol. The topological polar surface area (TPSA) is 68.2 Å². The van der Waals surface area contributed by atoms with E-state index in [0.717, 1.165) is 11.1 Å². The molecule has 6 nitrogen and oxygen atoms in total. The summed E-state index contributed by atoms with van der Waals surface area (Å²) < 4.78 is 10.3. The molecule has 0 radical (unpaired) electrons. The molecule has 0 aliphatic carbocycles. The minimum absolute atomic E-state index is 0.0125. The molecule has 0 spiro atoms. The summed E-state index contributed by atoms with van der Waals surface area (Å²) in [5.74, 6) is -0.475. The number of nitrogens with zero attached hydrogens (tertiary/aromatic N) is 2. The Morgan fingerprint density at radius 3 is 2.56 bits per heavy atom. The maximum Gasteiger partial charge on any atom is 0.338 e. The number of methoxy groups -OCH3 is 1. The van der Waals surface area contributed by atoms with E-state index in [0.29, 0.717) is 29.5 Å². The van der Waals surface area contributed by atoms with Gasteiger partial charge in [-0.05, 0) is 25.8 Å². The van der Waals surface area contributed by atoms with Crippen LogP contribution in [0.25, 0.3) is 0 Å². The molecule has 0 N–H and O–H groups in total. The molecule has 144 valence electrons. The molecule has 2 aliphatic rings. The van der Waals surface area contributed by atoms with Gasteiger partial charge in [-0.1, -0.05) is 48.5 Å². The first-order valence-corrected chi connectivity index (χ1v) is 9.87. The molecular weight excluding hydrogens is 364 g/mol. The molecule has 0 saturated carbocycles. The van der Waals surface area contributed by atoms with Gasteiger partial charge in [0.05, 0.1) is 29.2 Å². The Hall–Kier alpha value is -2.12. The number of rotatable bonds is 6. The molecule has 1 aromatic rings. The van der Waals surface area contributed by atoms with Crippen molar-refractivity contribution in [3.05, 3.63) is 46.7 Å². The Morgan fingerprint density at radius 1 is 1.22 bits per heavy atom. The molecule has 1 aromatic carbocycles. The number of amides is 1. The van der Waals surface area contributed by atoms with E-state index >= 15 is 0 Å². The SMILES string of the molecule is CC[C@@H]1SC2=NC(C)=C(C(=O)OCCOC)[C@H](c3ccc(C)cc3)N2C1=O. The molecule has 0 unspecified atom stereocenters. The number of esters is 1. The van der Waals surface area contributed by atoms with E-state index in [9.17, 15) is 9.59 Å². The fourth-order valence-electron chi connectivity index (χ4n) is 3.21. The largest absolute Gasteiger partial charge is 0.460 e. The van der Waals surface area contributed by atoms with E-state index in [1.54, 1.807) is 18.9 Å². The van der Waals surface area contributed by atoms with E-state index in [1.165, 1.54) is 11.8 Å². The van der Waals surface area contributed by atoms with Crippen molar-refractivity contribution in [2.45, 2.75) is 38.5 Å². The molecule has 1 saturated heterocycles. The first kappa shape index (κ1) is 19.6. The van der Waals surface area contributed by atoms with Crippen molar-refractivity contribution in [3.8, 4) is 0 Å². The zero-order valence-electron chi connectivity index (χ0n) is 16.0. The summed E-state index contributed by atoms with van der Waals surface area (Å²) >= 11 is 1.46. The monoisotopic (exact) mass is 388 g/mol. The summed E-state index contributed by atoms with van der Waals surface area (Å²) in [6, 6.07) is 7.35. The smallest absolute Gasteiger partial charge is 0.338 e. The lowest BCUT2D eigenvalue weighted by atomic mass is 9.93. The summed E-state index contributed by atoms with van der Waals surface area (Å²) in [4.78, 5) is 32.0. The normalized spacial score (nSPS) is 22.0. The molecule has 2 heterocycles. The Morgan fingerprint density at radius 2 is 1.93 bits per heavy atom. The number of carbonyl (C=O) groups excluding carboxylic acids is 2. The van der Waals surface area contributed by atoms with Gasteiger partial charge in [-0.25, -0.2) is 9.79 Å². The highest BCUT2D eigenvalue weighted by molar-refractivity contribution is 8.15. The molecule has 0 aromatic heterocycles. The fraction of sp³-hybridized carbons (Fsp3) is 0.450. The number of thioether (sulfide) groups is 1. The number of ether oxygens (including phenoxy) is 2. The van der Waals surface area contributed by atoms with Crippen LogP contribution >= 0.6 is 11.8 Å². The van der Waals surface area contributed by atoms with Crippen molar-refractivity contribution in [2.24, 2.45) is 4.99 Å². The summed E-state index contributed by atoms with van der Waals surface area (Å²) in [6.07, 6.45) is 0.715. The van der Waals surface area contributed by atoms with Gasteiger partial charge in [0.15, 0.2) is 5.17 Å². The van der Waals surface area contributed by atoms with Crippen LogP contribution in [0.3, 0.4) is 0 Å². The molecule has 1 amide bonds. The Balaban J connectivity index is 2.03. The van der Waals surface area contributed by atoms with Crippen LogP contribution in [0.15, 0.2) is 40.5 Å². The van der Waals surface area contributed by atoms with Crippen LogP contribution in [-0.2, 0) is 19.1 Å². The van der Waals surface area contributed by atoms with Crippen LogP contribution in [-0.4, -0.2) is 47.5 Å². The maximum absolute atomic E-state index is 13.0. The van der Waals surface area contributed by atoms with Crippen molar-refractivity contribution < 1.29 is 19.1 Å². The second-order valence-electron chi connectivity index (χ2n) is 6.56. The number of hydrogen-bond acceptors (Lipinski definition) is 6. The van der Waals surface area contributed by atoms with E-state index in [1.807, 2.05) is 38.1 Å². The van der Waals surface area contributed by atoms with Crippen LogP contribution in [0, 0.1) is 6.92 Å². The molecule has 1 fully saturated rings. The zero-order chi connectivity index (χ0) is 19.6. The number of aliphatic imine (C=N–C) groups is 1. The van der Waals surface area contributed by atoms with Gasteiger partial charge < -0.3 is 9.47 Å². The Kier molecular flexibility index (Phi) is 6.01. The predicted molar refractivity (Wildman–Crippen MR) is 105 cm³/mol. The van der Waals surface area contributed by atoms with Crippen LogP contribution in [0.1, 0.15) is 37.4 Å². The van der Waals surface area contributed by atoms with Gasteiger partial charge in [0, 0.05) is 7.11 Å². The number of aryl methyl sites for hydroxylation is 1. The van der Waals surface area contributed by atoms with Crippen molar-refractivity contribution in [1.29, 1.82) is 0 Å². The molecule has 3 rings (SSSR count). The number of amidine groups is 1. The molecular formula is C20H24N2O4S. The van der Waals surface area contributed by atoms with Gasteiger partial charge in [-0.2, -0.15) is 0 Å². The van der Waals surface area contributed by atoms with E-state index in [4.69, 9.17) is 9.47 Å². The number of benzene rings is 1. The lowest BCUT2D eigenvalue weighted by Gasteiger charge is -2.33. The highest BCUT2D eigenvalue weighted by atomic mass is 32.2. The highest BCUT2D eigenvalue weighted by Crippen LogP contribution is 2.44. The highest BCUT2D eigenvalue weighted by Gasteiger charge is 2.47. The maximum atomic E-state index is 13.0. The lowest BCUT2D eigenvalue weighted by Crippen LogP contribution is -2.40. The molecule has 2 aliphatic heterocycles. The van der Waals surface area contributed by atoms with Gasteiger partial charge in [-0.3, -0.25) is 9.69 Å². The van der Waals surface area contributed by atoms with Gasteiger partial charge >= 0.3 is 5.97 Å². The first-order valence-electron chi connectivity index (χ1n) is 8.99. The minimum Gasteiger partial charge on any atom is -0.460 e. The van der Waals surface area contributed by atoms with Crippen LogP contribution < -0.4 is 0 Å². The third-order valence-electron chi connectivity index (χ3n) is 4.66. The van der Waals surface area contributed by atoms with E-state index in [2.05, 4.69) is 4.99 Å². The van der Waals surface area contributed by atoms with Gasteiger partial charge in [-0.15, -0.1) is 0 Å². The third kappa shape index (κ3) is 3.80. The van der Waals surface area contributed by atoms with Gasteiger partial charge in [0.25, 0.3) is 0 Å². The molecule has 27 heavy (non-hydrogen) atoms. The molecule has 0 bridgehead atoms. The average Bonchev–Trinajstić information content (AvgIpc) is 2.96. The molecule has 7 heteroatoms. The fourth-order valence-corrected chi connectivity index (χ4v) is 4.34. The van der Waals surface area contributed by atoms with Crippen molar-refractivity contribution >= 4 is 28.8 Å². The summed E-state index contributed by atoms with van der Waals surface area (Å²) in [6.45, 7) is 6.25. The van der Waals surface area contributed by atoms with Crippen LogP contribution in [0.4, 0.5) is 0 Å². The number of allylic oxidation sites excluding steroid dienone is 1.